The van der Waals surface area contributed by atoms with Gasteiger partial charge >= 0.3 is 5.97 Å². The molecule has 11 heteroatoms. The first-order chi connectivity index (χ1) is 16.0. The van der Waals surface area contributed by atoms with E-state index < -0.39 is 35.3 Å². The lowest BCUT2D eigenvalue weighted by Gasteiger charge is -2.24. The molecule has 1 aromatic carbocycles. The molecule has 10 nitrogen and oxygen atoms in total. The number of rotatable bonds is 14. The second-order valence-corrected chi connectivity index (χ2v) is 9.57. The Hall–Kier alpha value is -2.25. The third kappa shape index (κ3) is 8.20. The lowest BCUT2D eigenvalue weighted by Crippen LogP contribution is -2.48. The van der Waals surface area contributed by atoms with Crippen LogP contribution < -0.4 is 10.5 Å². The van der Waals surface area contributed by atoms with Crippen LogP contribution in [0.15, 0.2) is 18.2 Å². The van der Waals surface area contributed by atoms with E-state index in [0.29, 0.717) is 32.2 Å². The number of imide groups is 1. The van der Waals surface area contributed by atoms with E-state index in [4.69, 9.17) is 24.7 Å². The molecule has 188 valence electrons. The number of halogens is 1. The molecular formula is C23H31IN2O8. The second-order valence-electron chi connectivity index (χ2n) is 8.49. The monoisotopic (exact) mass is 590 g/mol. The van der Waals surface area contributed by atoms with Crippen molar-refractivity contribution in [1.29, 1.82) is 0 Å². The molecule has 1 aliphatic rings. The van der Waals surface area contributed by atoms with E-state index in [-0.39, 0.29) is 30.6 Å². The number of ether oxygens (including phenoxy) is 4. The van der Waals surface area contributed by atoms with Crippen LogP contribution >= 0.6 is 22.6 Å². The fraction of sp³-hybridized carbons (Fsp3) is 0.565. The first-order valence-corrected chi connectivity index (χ1v) is 12.4. The van der Waals surface area contributed by atoms with Gasteiger partial charge in [0.05, 0.1) is 37.6 Å². The predicted molar refractivity (Wildman–Crippen MR) is 131 cm³/mol. The van der Waals surface area contributed by atoms with Gasteiger partial charge in [-0.2, -0.15) is 0 Å². The van der Waals surface area contributed by atoms with Gasteiger partial charge in [0.25, 0.3) is 11.8 Å². The van der Waals surface area contributed by atoms with E-state index in [1.54, 1.807) is 26.8 Å². The zero-order valence-corrected chi connectivity index (χ0v) is 21.8. The van der Waals surface area contributed by atoms with Gasteiger partial charge in [0.1, 0.15) is 24.0 Å². The van der Waals surface area contributed by atoms with Crippen LogP contribution in [0.5, 0.6) is 5.75 Å². The number of nitrogens with two attached hydrogens (primary N) is 1. The van der Waals surface area contributed by atoms with E-state index in [1.165, 1.54) is 12.1 Å². The number of hydrogen-bond acceptors (Lipinski definition) is 8. The van der Waals surface area contributed by atoms with Crippen LogP contribution in [0.3, 0.4) is 0 Å². The summed E-state index contributed by atoms with van der Waals surface area (Å²) in [6.45, 7) is 7.36. The lowest BCUT2D eigenvalue weighted by molar-refractivity contribution is -0.155. The van der Waals surface area contributed by atoms with Crippen molar-refractivity contribution in [3.8, 4) is 5.75 Å². The van der Waals surface area contributed by atoms with Crippen LogP contribution in [-0.4, -0.2) is 77.7 Å². The van der Waals surface area contributed by atoms with Crippen LogP contribution in [0.2, 0.25) is 0 Å². The Morgan fingerprint density at radius 3 is 2.24 bits per heavy atom. The van der Waals surface area contributed by atoms with Crippen LogP contribution in [0, 0.1) is 0 Å². The van der Waals surface area contributed by atoms with Crippen molar-refractivity contribution in [1.82, 2.24) is 4.90 Å². The number of hydrogen-bond donors (Lipinski definition) is 1. The van der Waals surface area contributed by atoms with Crippen molar-refractivity contribution in [2.24, 2.45) is 5.73 Å². The van der Waals surface area contributed by atoms with Crippen molar-refractivity contribution < 1.29 is 38.1 Å². The molecule has 1 aromatic rings. The number of nitrogens with zero attached hydrogens (tertiary/aromatic N) is 1. The summed E-state index contributed by atoms with van der Waals surface area (Å²) in [5, 5.41) is 0. The molecule has 2 N–H and O–H groups in total. The van der Waals surface area contributed by atoms with E-state index in [0.717, 1.165) is 9.33 Å². The summed E-state index contributed by atoms with van der Waals surface area (Å²) < 4.78 is 22.5. The van der Waals surface area contributed by atoms with E-state index in [1.807, 2.05) is 0 Å². The van der Waals surface area contributed by atoms with E-state index in [9.17, 15) is 19.2 Å². The van der Waals surface area contributed by atoms with Crippen molar-refractivity contribution in [2.45, 2.75) is 45.3 Å². The molecule has 3 amide bonds. The largest absolute Gasteiger partial charge is 0.491 e. The average Bonchev–Trinajstić information content (AvgIpc) is 2.99. The van der Waals surface area contributed by atoms with Crippen molar-refractivity contribution in [3.63, 3.8) is 0 Å². The van der Waals surface area contributed by atoms with Crippen molar-refractivity contribution in [2.75, 3.05) is 37.5 Å². The highest BCUT2D eigenvalue weighted by Crippen LogP contribution is 2.29. The highest BCUT2D eigenvalue weighted by molar-refractivity contribution is 14.1. The Bertz CT molecular complexity index is 899. The molecule has 1 unspecified atom stereocenters. The highest BCUT2D eigenvalue weighted by Gasteiger charge is 2.42. The Kier molecular flexibility index (Phi) is 10.7. The molecule has 0 saturated heterocycles. The minimum absolute atomic E-state index is 0.110. The smallest absolute Gasteiger partial charge is 0.306 e. The summed E-state index contributed by atoms with van der Waals surface area (Å²) in [6.07, 6.45) is -0.298. The van der Waals surface area contributed by atoms with Gasteiger partial charge in [0.2, 0.25) is 5.91 Å². The number of fused-ring (bicyclic) bond motifs is 1. The van der Waals surface area contributed by atoms with Crippen LogP contribution in [0.1, 0.15) is 54.3 Å². The maximum Gasteiger partial charge on any atom is 0.306 e. The quantitative estimate of drug-likeness (QED) is 0.115. The molecule has 2 rings (SSSR count). The molecular weight excluding hydrogens is 559 g/mol. The van der Waals surface area contributed by atoms with Crippen molar-refractivity contribution in [3.05, 3.63) is 29.3 Å². The number of carbonyl (C=O) groups excluding carboxylic acids is 4. The minimum Gasteiger partial charge on any atom is -0.491 e. The van der Waals surface area contributed by atoms with Gasteiger partial charge in [-0.1, -0.05) is 22.6 Å². The standard InChI is InChI=1S/C23H31IN2O8/c1-23(2,3)34-19(27)7-6-18(20(25)28)26-21(29)16-5-4-15(14-17(16)22(26)30)33-13-12-32-11-10-31-9-8-24/h4-5,14,18H,6-13H2,1-3H3,(H2,25,28). The minimum atomic E-state index is -1.27. The molecule has 34 heavy (non-hydrogen) atoms. The molecule has 0 fully saturated rings. The Labute approximate surface area is 212 Å². The maximum absolute atomic E-state index is 13.0. The first-order valence-electron chi connectivity index (χ1n) is 10.9. The van der Waals surface area contributed by atoms with Gasteiger partial charge in [-0.25, -0.2) is 0 Å². The van der Waals surface area contributed by atoms with Gasteiger partial charge in [-0.05, 0) is 45.4 Å². The van der Waals surface area contributed by atoms with Gasteiger partial charge < -0.3 is 24.7 Å². The fourth-order valence-corrected chi connectivity index (χ4v) is 3.56. The summed E-state index contributed by atoms with van der Waals surface area (Å²) in [7, 11) is 0. The molecule has 0 bridgehead atoms. The molecule has 0 saturated carbocycles. The topological polar surface area (TPSA) is 134 Å². The van der Waals surface area contributed by atoms with Crippen molar-refractivity contribution >= 4 is 46.3 Å². The molecule has 0 aliphatic carbocycles. The summed E-state index contributed by atoms with van der Waals surface area (Å²) in [4.78, 5) is 50.7. The SMILES string of the molecule is CC(C)(C)OC(=O)CCC(C(N)=O)N1C(=O)c2ccc(OCCOCCOCCI)cc2C1=O. The van der Waals surface area contributed by atoms with Crippen LogP contribution in [-0.2, 0) is 23.8 Å². The van der Waals surface area contributed by atoms with Gasteiger partial charge in [0.15, 0.2) is 0 Å². The lowest BCUT2D eigenvalue weighted by atomic mass is 10.1. The Morgan fingerprint density at radius 1 is 1.00 bits per heavy atom. The van der Waals surface area contributed by atoms with Crippen LogP contribution in [0.4, 0.5) is 0 Å². The zero-order chi connectivity index (χ0) is 25.3. The number of carbonyl (C=O) groups is 4. The summed E-state index contributed by atoms with van der Waals surface area (Å²) in [5.41, 5.74) is 5.02. The first kappa shape index (κ1) is 28.0. The predicted octanol–water partition coefficient (Wildman–Crippen LogP) is 2.11. The maximum atomic E-state index is 13.0. The van der Waals surface area contributed by atoms with Gasteiger partial charge in [-0.15, -0.1) is 0 Å². The number of primary amides is 1. The number of alkyl halides is 1. The summed E-state index contributed by atoms with van der Waals surface area (Å²) in [5.74, 6) is -2.36. The summed E-state index contributed by atoms with van der Waals surface area (Å²) >= 11 is 2.23. The molecule has 0 aromatic heterocycles. The molecule has 1 atom stereocenters. The Morgan fingerprint density at radius 2 is 1.62 bits per heavy atom. The molecule has 0 radical (unpaired) electrons. The van der Waals surface area contributed by atoms with Gasteiger partial charge in [0, 0.05) is 10.8 Å². The molecule has 1 heterocycles. The zero-order valence-electron chi connectivity index (χ0n) is 19.6. The Balaban J connectivity index is 1.97. The van der Waals surface area contributed by atoms with E-state index in [2.05, 4.69) is 22.6 Å². The average molecular weight is 590 g/mol. The summed E-state index contributed by atoms with van der Waals surface area (Å²) in [6, 6.07) is 3.21. The van der Waals surface area contributed by atoms with Gasteiger partial charge in [-0.3, -0.25) is 24.1 Å². The normalized spacial score (nSPS) is 14.2. The fourth-order valence-electron chi connectivity index (χ4n) is 3.25. The number of esters is 1. The second kappa shape index (κ2) is 13.0. The number of benzene rings is 1. The molecule has 1 aliphatic heterocycles. The third-order valence-corrected chi connectivity index (χ3v) is 5.10. The third-order valence-electron chi connectivity index (χ3n) is 4.66. The van der Waals surface area contributed by atoms with E-state index >= 15 is 0 Å². The molecule has 0 spiro atoms. The number of amides is 3. The van der Waals surface area contributed by atoms with Crippen LogP contribution in [0.25, 0.3) is 0 Å². The highest BCUT2D eigenvalue weighted by atomic mass is 127.